The molecule has 0 radical (unpaired) electrons. The van der Waals surface area contributed by atoms with E-state index in [-0.39, 0.29) is 6.42 Å². The van der Waals surface area contributed by atoms with Crippen molar-refractivity contribution < 1.29 is 14.6 Å². The third-order valence-electron chi connectivity index (χ3n) is 2.62. The van der Waals surface area contributed by atoms with Crippen molar-refractivity contribution in [1.29, 1.82) is 0 Å². The van der Waals surface area contributed by atoms with Crippen molar-refractivity contribution in [3.05, 3.63) is 29.3 Å². The normalized spacial score (nSPS) is 10.3. The predicted octanol–water partition coefficient (Wildman–Crippen LogP) is 2.14. The van der Waals surface area contributed by atoms with Crippen LogP contribution in [-0.2, 0) is 4.79 Å². The fraction of sp³-hybridized carbons (Fsp3) is 0.500. The Morgan fingerprint density at radius 2 is 2.11 bits per heavy atom. The smallest absolute Gasteiger partial charge is 0.303 e. The van der Waals surface area contributed by atoms with Crippen LogP contribution in [0.15, 0.2) is 18.2 Å². The van der Waals surface area contributed by atoms with Gasteiger partial charge in [0.2, 0.25) is 0 Å². The Kier molecular flexibility index (Phi) is 6.22. The number of nitrogens with one attached hydrogen (secondary N) is 1. The fourth-order valence-corrected chi connectivity index (χ4v) is 1.59. The van der Waals surface area contributed by atoms with E-state index < -0.39 is 5.97 Å². The molecule has 0 aliphatic heterocycles. The Morgan fingerprint density at radius 1 is 1.33 bits per heavy atom. The third kappa shape index (κ3) is 5.68. The number of carboxylic acid groups (broad SMARTS) is 1. The van der Waals surface area contributed by atoms with Crippen molar-refractivity contribution in [3.63, 3.8) is 0 Å². The van der Waals surface area contributed by atoms with Gasteiger partial charge in [0.05, 0.1) is 0 Å². The minimum Gasteiger partial charge on any atom is -0.492 e. The maximum Gasteiger partial charge on any atom is 0.303 e. The number of aliphatic carboxylic acids is 1. The highest BCUT2D eigenvalue weighted by Crippen LogP contribution is 2.18. The predicted molar refractivity (Wildman–Crippen MR) is 71.2 cm³/mol. The molecule has 4 heteroatoms. The van der Waals surface area contributed by atoms with Crippen LogP contribution in [0, 0.1) is 13.8 Å². The van der Waals surface area contributed by atoms with Gasteiger partial charge in [-0.2, -0.15) is 0 Å². The molecule has 0 aliphatic rings. The molecular formula is C14H21NO3. The molecule has 1 aromatic rings. The lowest BCUT2D eigenvalue weighted by molar-refractivity contribution is -0.137. The number of aryl methyl sites for hydroxylation is 2. The van der Waals surface area contributed by atoms with Crippen LogP contribution in [0.5, 0.6) is 5.75 Å². The second kappa shape index (κ2) is 7.71. The summed E-state index contributed by atoms with van der Waals surface area (Å²) in [5.74, 6) is 0.172. The molecule has 0 aliphatic carbocycles. The average molecular weight is 251 g/mol. The van der Waals surface area contributed by atoms with Crippen LogP contribution in [-0.4, -0.2) is 30.8 Å². The summed E-state index contributed by atoms with van der Waals surface area (Å²) in [6.07, 6.45) is 0.865. The van der Waals surface area contributed by atoms with Gasteiger partial charge in [0, 0.05) is 13.0 Å². The Bertz CT molecular complexity index is 391. The molecule has 0 amide bonds. The van der Waals surface area contributed by atoms with E-state index in [4.69, 9.17) is 9.84 Å². The number of ether oxygens (including phenoxy) is 1. The zero-order chi connectivity index (χ0) is 13.4. The highest BCUT2D eigenvalue weighted by Gasteiger charge is 1.99. The molecule has 0 aromatic heterocycles. The summed E-state index contributed by atoms with van der Waals surface area (Å²) in [5.41, 5.74) is 2.32. The summed E-state index contributed by atoms with van der Waals surface area (Å²) in [7, 11) is 0. The SMILES string of the molecule is Cc1ccc(C)c(OCCNCCCC(=O)O)c1. The summed E-state index contributed by atoms with van der Waals surface area (Å²) in [6, 6.07) is 6.14. The number of carbonyl (C=O) groups is 1. The Labute approximate surface area is 108 Å². The number of benzene rings is 1. The Morgan fingerprint density at radius 3 is 2.83 bits per heavy atom. The van der Waals surface area contributed by atoms with Crippen molar-refractivity contribution >= 4 is 5.97 Å². The molecule has 100 valence electrons. The first-order chi connectivity index (χ1) is 8.59. The maximum atomic E-state index is 10.3. The molecular weight excluding hydrogens is 230 g/mol. The largest absolute Gasteiger partial charge is 0.492 e. The number of hydrogen-bond donors (Lipinski definition) is 2. The van der Waals surface area contributed by atoms with E-state index in [9.17, 15) is 4.79 Å². The van der Waals surface area contributed by atoms with Crippen molar-refractivity contribution in [2.45, 2.75) is 26.7 Å². The second-order valence-electron chi connectivity index (χ2n) is 4.36. The van der Waals surface area contributed by atoms with Gasteiger partial charge in [-0.15, -0.1) is 0 Å². The van der Waals surface area contributed by atoms with Gasteiger partial charge >= 0.3 is 5.97 Å². The molecule has 0 spiro atoms. The molecule has 1 rings (SSSR count). The van der Waals surface area contributed by atoms with Gasteiger partial charge in [-0.1, -0.05) is 12.1 Å². The van der Waals surface area contributed by atoms with Crippen molar-refractivity contribution in [3.8, 4) is 5.75 Å². The van der Waals surface area contributed by atoms with Crippen molar-refractivity contribution in [1.82, 2.24) is 5.32 Å². The second-order valence-corrected chi connectivity index (χ2v) is 4.36. The Hall–Kier alpha value is -1.55. The lowest BCUT2D eigenvalue weighted by Crippen LogP contribution is -2.22. The summed E-state index contributed by atoms with van der Waals surface area (Å²) < 4.78 is 5.67. The first-order valence-corrected chi connectivity index (χ1v) is 6.22. The van der Waals surface area contributed by atoms with Gasteiger partial charge < -0.3 is 15.2 Å². The van der Waals surface area contributed by atoms with Crippen molar-refractivity contribution in [2.75, 3.05) is 19.7 Å². The highest BCUT2D eigenvalue weighted by atomic mass is 16.5. The molecule has 0 saturated heterocycles. The molecule has 0 atom stereocenters. The van der Waals surface area contributed by atoms with Gasteiger partial charge in [-0.3, -0.25) is 4.79 Å². The van der Waals surface area contributed by atoms with E-state index in [0.29, 0.717) is 19.6 Å². The molecule has 0 fully saturated rings. The van der Waals surface area contributed by atoms with Gasteiger partial charge in [0.15, 0.2) is 0 Å². The first-order valence-electron chi connectivity index (χ1n) is 6.22. The first kappa shape index (κ1) is 14.5. The van der Waals surface area contributed by atoms with Crippen LogP contribution < -0.4 is 10.1 Å². The van der Waals surface area contributed by atoms with Gasteiger partial charge in [-0.05, 0) is 44.0 Å². The Balaban J connectivity index is 2.14. The number of hydrogen-bond acceptors (Lipinski definition) is 3. The molecule has 4 nitrogen and oxygen atoms in total. The standard InChI is InChI=1S/C14H21NO3/c1-11-5-6-12(2)13(10-11)18-9-8-15-7-3-4-14(16)17/h5-6,10,15H,3-4,7-9H2,1-2H3,(H,16,17). The van der Waals surface area contributed by atoms with E-state index in [0.717, 1.165) is 17.9 Å². The molecule has 18 heavy (non-hydrogen) atoms. The van der Waals surface area contributed by atoms with Gasteiger partial charge in [0.25, 0.3) is 0 Å². The van der Waals surface area contributed by atoms with Crippen LogP contribution in [0.2, 0.25) is 0 Å². The summed E-state index contributed by atoms with van der Waals surface area (Å²) >= 11 is 0. The zero-order valence-electron chi connectivity index (χ0n) is 11.0. The van der Waals surface area contributed by atoms with Gasteiger partial charge in [0.1, 0.15) is 12.4 Å². The zero-order valence-corrected chi connectivity index (χ0v) is 11.0. The molecule has 0 bridgehead atoms. The van der Waals surface area contributed by atoms with Crippen LogP contribution in [0.4, 0.5) is 0 Å². The lowest BCUT2D eigenvalue weighted by atomic mass is 10.1. The van der Waals surface area contributed by atoms with Crippen LogP contribution in [0.1, 0.15) is 24.0 Å². The summed E-state index contributed by atoms with van der Waals surface area (Å²) in [4.78, 5) is 10.3. The third-order valence-corrected chi connectivity index (χ3v) is 2.62. The molecule has 2 N–H and O–H groups in total. The lowest BCUT2D eigenvalue weighted by Gasteiger charge is -2.10. The number of carboxylic acids is 1. The van der Waals surface area contributed by atoms with Crippen LogP contribution in [0.3, 0.4) is 0 Å². The highest BCUT2D eigenvalue weighted by molar-refractivity contribution is 5.66. The summed E-state index contributed by atoms with van der Waals surface area (Å²) in [5, 5.41) is 11.6. The van der Waals surface area contributed by atoms with Crippen LogP contribution in [0.25, 0.3) is 0 Å². The van der Waals surface area contributed by atoms with E-state index in [2.05, 4.69) is 11.4 Å². The molecule has 1 aromatic carbocycles. The van der Waals surface area contributed by atoms with Crippen molar-refractivity contribution in [2.24, 2.45) is 0 Å². The van der Waals surface area contributed by atoms with E-state index in [1.165, 1.54) is 5.56 Å². The number of rotatable bonds is 8. The molecule has 0 heterocycles. The maximum absolute atomic E-state index is 10.3. The van der Waals surface area contributed by atoms with E-state index in [1.807, 2.05) is 26.0 Å². The fourth-order valence-electron chi connectivity index (χ4n) is 1.59. The quantitative estimate of drug-likeness (QED) is 0.695. The molecule has 0 saturated carbocycles. The monoisotopic (exact) mass is 251 g/mol. The van der Waals surface area contributed by atoms with E-state index >= 15 is 0 Å². The van der Waals surface area contributed by atoms with E-state index in [1.54, 1.807) is 0 Å². The molecule has 0 unspecified atom stereocenters. The minimum atomic E-state index is -0.747. The summed E-state index contributed by atoms with van der Waals surface area (Å²) in [6.45, 7) is 6.10. The average Bonchev–Trinajstić information content (AvgIpc) is 2.32. The topological polar surface area (TPSA) is 58.6 Å². The van der Waals surface area contributed by atoms with Gasteiger partial charge in [-0.25, -0.2) is 0 Å². The van der Waals surface area contributed by atoms with Crippen LogP contribution >= 0.6 is 0 Å². The minimum absolute atomic E-state index is 0.213.